The van der Waals surface area contributed by atoms with Gasteiger partial charge < -0.3 is 0 Å². The minimum absolute atomic E-state index is 0.854. The van der Waals surface area contributed by atoms with Gasteiger partial charge in [-0.25, -0.2) is 0 Å². The van der Waals surface area contributed by atoms with Crippen LogP contribution in [0.2, 0.25) is 0 Å². The Balaban J connectivity index is 3.47. The Hall–Kier alpha value is 0.747. The van der Waals surface area contributed by atoms with Crippen LogP contribution in [0.3, 0.4) is 0 Å². The summed E-state index contributed by atoms with van der Waals surface area (Å²) in [5.74, 6) is 0. The van der Waals surface area contributed by atoms with E-state index in [1.165, 1.54) is 0 Å². The molecule has 0 aliphatic carbocycles. The van der Waals surface area contributed by atoms with Crippen molar-refractivity contribution in [3.8, 4) is 0 Å². The molecule has 0 saturated carbocycles. The van der Waals surface area contributed by atoms with Crippen molar-refractivity contribution in [1.29, 1.82) is 0 Å². The Kier molecular flexibility index (Phi) is 1.68. The van der Waals surface area contributed by atoms with E-state index >= 15 is 0 Å². The predicted octanol–water partition coefficient (Wildman–Crippen LogP) is -0.752. The number of rotatable bonds is 0. The normalized spacial score (nSPS) is 12.0. The Bertz CT molecular complexity index is 53.0. The van der Waals surface area contributed by atoms with E-state index in [9.17, 15) is 4.57 Å². The molecule has 0 saturated heterocycles. The molecule has 0 aromatic carbocycles. The zero-order valence-electron chi connectivity index (χ0n) is 2.75. The maximum atomic E-state index is 9.33. The molecule has 0 aromatic heterocycles. The van der Waals surface area contributed by atoms with Crippen LogP contribution in [0.1, 0.15) is 0 Å². The van der Waals surface area contributed by atoms with Crippen molar-refractivity contribution in [2.24, 2.45) is 0 Å². The summed E-state index contributed by atoms with van der Waals surface area (Å²) in [5, 5.41) is 0. The van der Waals surface area contributed by atoms with Crippen LogP contribution in [0.5, 0.6) is 0 Å². The van der Waals surface area contributed by atoms with Crippen LogP contribution in [-0.2, 0) is 4.57 Å². The third kappa shape index (κ3) is 64.1. The molecule has 0 aliphatic heterocycles. The van der Waals surface area contributed by atoms with E-state index in [4.69, 9.17) is 9.79 Å². The van der Waals surface area contributed by atoms with Crippen LogP contribution in [-0.4, -0.2) is 27.0 Å². The van der Waals surface area contributed by atoms with E-state index in [0.717, 1.165) is 17.2 Å². The zero-order chi connectivity index (χ0) is 4.50. The summed E-state index contributed by atoms with van der Waals surface area (Å²) in [5.41, 5.74) is 0. The third-order valence-electron chi connectivity index (χ3n) is 0. The SMILES string of the molecule is [Li][P](=O)(O)O. The average Bonchev–Trinajstić information content (AvgIpc) is 0.722. The molecule has 0 atom stereocenters. The van der Waals surface area contributed by atoms with Crippen molar-refractivity contribution >= 4 is 23.3 Å². The van der Waals surface area contributed by atoms with Crippen LogP contribution < -0.4 is 0 Å². The second kappa shape index (κ2) is 1.46. The van der Waals surface area contributed by atoms with E-state index in [2.05, 4.69) is 0 Å². The molecule has 0 rings (SSSR count). The van der Waals surface area contributed by atoms with E-state index in [1.807, 2.05) is 0 Å². The molecular weight excluding hydrogens is 85.9 g/mol. The molecule has 0 heterocycles. The van der Waals surface area contributed by atoms with Crippen molar-refractivity contribution in [3.05, 3.63) is 0 Å². The van der Waals surface area contributed by atoms with E-state index in [-0.39, 0.29) is 0 Å². The van der Waals surface area contributed by atoms with Gasteiger partial charge in [0, 0.05) is 0 Å². The van der Waals surface area contributed by atoms with Gasteiger partial charge in [-0.1, -0.05) is 0 Å². The van der Waals surface area contributed by atoms with Crippen molar-refractivity contribution in [3.63, 3.8) is 0 Å². The van der Waals surface area contributed by atoms with E-state index < -0.39 is 6.02 Å². The molecule has 5 heteroatoms. The molecule has 0 spiro atoms. The molecule has 2 N–H and O–H groups in total. The summed E-state index contributed by atoms with van der Waals surface area (Å²) in [6, 6.07) is -3.64. The summed E-state index contributed by atoms with van der Waals surface area (Å²) < 4.78 is 9.33. The fourth-order valence-corrected chi connectivity index (χ4v) is 0. The van der Waals surface area contributed by atoms with Crippen molar-refractivity contribution < 1.29 is 14.4 Å². The van der Waals surface area contributed by atoms with Crippen LogP contribution in [0.15, 0.2) is 0 Å². The summed E-state index contributed by atoms with van der Waals surface area (Å²) in [6.07, 6.45) is 0. The molecular formula is H2LiO3P. The van der Waals surface area contributed by atoms with Crippen LogP contribution in [0.4, 0.5) is 0 Å². The first-order chi connectivity index (χ1) is 2.00. The predicted molar refractivity (Wildman–Crippen MR) is 17.8 cm³/mol. The van der Waals surface area contributed by atoms with Gasteiger partial charge in [0.05, 0.1) is 0 Å². The van der Waals surface area contributed by atoms with Crippen LogP contribution in [0.25, 0.3) is 0 Å². The molecule has 0 amide bonds. The van der Waals surface area contributed by atoms with E-state index in [0.29, 0.717) is 0 Å². The monoisotopic (exact) mass is 88.0 g/mol. The Labute approximate surface area is 38.3 Å². The average molecular weight is 87.9 g/mol. The minimum atomic E-state index is -3.64. The van der Waals surface area contributed by atoms with Gasteiger partial charge in [-0.3, -0.25) is 0 Å². The molecule has 0 aliphatic rings. The van der Waals surface area contributed by atoms with Crippen molar-refractivity contribution in [1.82, 2.24) is 0 Å². The third-order valence-corrected chi connectivity index (χ3v) is 0. The van der Waals surface area contributed by atoms with Gasteiger partial charge in [0.15, 0.2) is 0 Å². The fraction of sp³-hybridized carbons (Fsp3) is 0. The fourth-order valence-electron chi connectivity index (χ4n) is 0. The van der Waals surface area contributed by atoms with Crippen molar-refractivity contribution in [2.45, 2.75) is 0 Å². The zero-order valence-corrected chi connectivity index (χ0v) is 3.64. The quantitative estimate of drug-likeness (QED) is 0.302. The molecule has 0 bridgehead atoms. The molecule has 26 valence electrons. The Morgan fingerprint density at radius 3 is 1.60 bits per heavy atom. The van der Waals surface area contributed by atoms with Gasteiger partial charge in [-0.05, 0) is 0 Å². The Morgan fingerprint density at radius 1 is 1.60 bits per heavy atom. The first-order valence-corrected chi connectivity index (χ1v) is 3.09. The first-order valence-electron chi connectivity index (χ1n) is 1.03. The van der Waals surface area contributed by atoms with Gasteiger partial charge in [-0.15, -0.1) is 0 Å². The molecule has 0 aromatic rings. The summed E-state index contributed by atoms with van der Waals surface area (Å²) in [7, 11) is 0. The topological polar surface area (TPSA) is 57.5 Å². The summed E-state index contributed by atoms with van der Waals surface area (Å²) >= 11 is 0.854. The van der Waals surface area contributed by atoms with Crippen molar-refractivity contribution in [2.75, 3.05) is 0 Å². The van der Waals surface area contributed by atoms with Crippen LogP contribution >= 0.6 is 6.02 Å². The summed E-state index contributed by atoms with van der Waals surface area (Å²) in [4.78, 5) is 15.3. The van der Waals surface area contributed by atoms with Gasteiger partial charge in [0.1, 0.15) is 0 Å². The molecule has 3 nitrogen and oxygen atoms in total. The second-order valence-electron chi connectivity index (χ2n) is 0.835. The maximum absolute atomic E-state index is 9.33. The number of hydrogen-bond donors (Lipinski definition) is 2. The summed E-state index contributed by atoms with van der Waals surface area (Å²) in [6.45, 7) is 0. The molecule has 5 heavy (non-hydrogen) atoms. The van der Waals surface area contributed by atoms with Gasteiger partial charge in [-0.2, -0.15) is 0 Å². The Morgan fingerprint density at radius 2 is 1.60 bits per heavy atom. The van der Waals surface area contributed by atoms with Gasteiger partial charge >= 0.3 is 37.6 Å². The number of hydrogen-bond acceptors (Lipinski definition) is 1. The van der Waals surface area contributed by atoms with Crippen LogP contribution in [0, 0.1) is 0 Å². The molecule has 0 unspecified atom stereocenters. The first kappa shape index (κ1) is 5.75. The van der Waals surface area contributed by atoms with Gasteiger partial charge in [0.25, 0.3) is 0 Å². The molecule has 0 radical (unpaired) electrons. The molecule has 0 fully saturated rings. The second-order valence-corrected chi connectivity index (χ2v) is 2.51. The van der Waals surface area contributed by atoms with E-state index in [1.54, 1.807) is 0 Å². The van der Waals surface area contributed by atoms with Gasteiger partial charge in [0.2, 0.25) is 0 Å². The standard InChI is InChI=1S/Li.HO3P/c;1-4(2)3/h;(H-,1,2,3)/q-1;/p+1.